The molecule has 21 heavy (non-hydrogen) atoms. The fraction of sp³-hybridized carbons (Fsp3) is 0.500. The van der Waals surface area contributed by atoms with Crippen molar-refractivity contribution in [1.29, 1.82) is 0 Å². The zero-order valence-electron chi connectivity index (χ0n) is 11.3. The summed E-state index contributed by atoms with van der Waals surface area (Å²) in [6.45, 7) is 0.535. The van der Waals surface area contributed by atoms with Crippen LogP contribution in [0.25, 0.3) is 0 Å². The van der Waals surface area contributed by atoms with E-state index < -0.39 is 6.36 Å². The lowest BCUT2D eigenvalue weighted by molar-refractivity contribution is -0.274. The fourth-order valence-electron chi connectivity index (χ4n) is 2.45. The van der Waals surface area contributed by atoms with Gasteiger partial charge in [0.2, 0.25) is 0 Å². The van der Waals surface area contributed by atoms with E-state index >= 15 is 0 Å². The Morgan fingerprint density at radius 2 is 1.95 bits per heavy atom. The zero-order chi connectivity index (χ0) is 15.5. The molecule has 0 aromatic heterocycles. The van der Waals surface area contributed by atoms with Gasteiger partial charge in [0, 0.05) is 18.2 Å². The van der Waals surface area contributed by atoms with E-state index in [0.717, 1.165) is 31.4 Å². The Morgan fingerprint density at radius 1 is 1.29 bits per heavy atom. The second kappa shape index (κ2) is 6.34. The molecule has 1 aliphatic carbocycles. The number of nitrogens with two attached hydrogens (primary N) is 1. The van der Waals surface area contributed by atoms with Crippen molar-refractivity contribution in [3.63, 3.8) is 0 Å². The lowest BCUT2D eigenvalue weighted by Gasteiger charge is -2.12. The van der Waals surface area contributed by atoms with Gasteiger partial charge in [-0.2, -0.15) is 0 Å². The quantitative estimate of drug-likeness (QED) is 0.898. The highest BCUT2D eigenvalue weighted by molar-refractivity contribution is 5.94. The molecule has 116 valence electrons. The van der Waals surface area contributed by atoms with Crippen molar-refractivity contribution in [2.75, 3.05) is 6.54 Å². The van der Waals surface area contributed by atoms with E-state index in [1.54, 1.807) is 0 Å². The van der Waals surface area contributed by atoms with Gasteiger partial charge in [-0.15, -0.1) is 13.2 Å². The smallest absolute Gasteiger partial charge is 0.406 e. The molecule has 1 aromatic carbocycles. The van der Waals surface area contributed by atoms with Crippen molar-refractivity contribution in [3.8, 4) is 5.75 Å². The highest BCUT2D eigenvalue weighted by Gasteiger charge is 2.31. The Balaban J connectivity index is 1.85. The normalized spacial score (nSPS) is 22.1. The number of halogens is 3. The topological polar surface area (TPSA) is 64.3 Å². The van der Waals surface area contributed by atoms with E-state index in [2.05, 4.69) is 10.1 Å². The number of carbonyl (C=O) groups excluding carboxylic acids is 1. The third kappa shape index (κ3) is 4.93. The lowest BCUT2D eigenvalue weighted by Crippen LogP contribution is -2.29. The molecule has 4 nitrogen and oxygen atoms in total. The number of rotatable bonds is 4. The van der Waals surface area contributed by atoms with Gasteiger partial charge in [0.25, 0.3) is 5.91 Å². The van der Waals surface area contributed by atoms with Gasteiger partial charge >= 0.3 is 6.36 Å². The summed E-state index contributed by atoms with van der Waals surface area (Å²) in [5.74, 6) is -0.286. The van der Waals surface area contributed by atoms with E-state index in [1.165, 1.54) is 12.1 Å². The highest BCUT2D eigenvalue weighted by Crippen LogP contribution is 2.24. The van der Waals surface area contributed by atoms with Gasteiger partial charge in [-0.3, -0.25) is 4.79 Å². The number of nitrogens with one attached hydrogen (secondary N) is 1. The second-order valence-electron chi connectivity index (χ2n) is 5.22. The van der Waals surface area contributed by atoms with E-state index in [9.17, 15) is 18.0 Å². The van der Waals surface area contributed by atoms with Crippen LogP contribution in [0.1, 0.15) is 29.6 Å². The minimum Gasteiger partial charge on any atom is -0.406 e. The number of ether oxygens (including phenoxy) is 1. The average molecular weight is 302 g/mol. The second-order valence-corrected chi connectivity index (χ2v) is 5.22. The number of benzene rings is 1. The van der Waals surface area contributed by atoms with E-state index in [-0.39, 0.29) is 17.7 Å². The Bertz CT molecular complexity index is 488. The molecule has 7 heteroatoms. The molecular formula is C14H17F3N2O2. The molecule has 0 radical (unpaired) electrons. The van der Waals surface area contributed by atoms with Crippen molar-refractivity contribution in [2.24, 2.45) is 11.7 Å². The summed E-state index contributed by atoms with van der Waals surface area (Å²) in [4.78, 5) is 11.9. The summed E-state index contributed by atoms with van der Waals surface area (Å²) in [5, 5.41) is 2.77. The van der Waals surface area contributed by atoms with Crippen LogP contribution in [0.5, 0.6) is 5.75 Å². The summed E-state index contributed by atoms with van der Waals surface area (Å²) in [6.07, 6.45) is -1.90. The Labute approximate surface area is 120 Å². The van der Waals surface area contributed by atoms with Crippen molar-refractivity contribution in [2.45, 2.75) is 31.7 Å². The van der Waals surface area contributed by atoms with E-state index in [1.807, 2.05) is 0 Å². The fourth-order valence-corrected chi connectivity index (χ4v) is 2.45. The summed E-state index contributed by atoms with van der Waals surface area (Å²) < 4.78 is 39.8. The number of amides is 1. The first-order chi connectivity index (χ1) is 9.83. The van der Waals surface area contributed by atoms with Crippen LogP contribution in [0.3, 0.4) is 0 Å². The summed E-state index contributed by atoms with van der Waals surface area (Å²) in [5.41, 5.74) is 6.09. The van der Waals surface area contributed by atoms with Crippen LogP contribution in [0.4, 0.5) is 13.2 Å². The maximum Gasteiger partial charge on any atom is 0.573 e. The molecule has 3 N–H and O–H groups in total. The summed E-state index contributed by atoms with van der Waals surface area (Å²) >= 11 is 0. The number of carbonyl (C=O) groups is 1. The third-order valence-electron chi connectivity index (χ3n) is 3.48. The molecule has 1 amide bonds. The SMILES string of the molecule is NC1CCC(CNC(=O)c2ccc(OC(F)(F)F)cc2)C1. The van der Waals surface area contributed by atoms with Crippen LogP contribution in [0.2, 0.25) is 0 Å². The molecule has 0 bridgehead atoms. The van der Waals surface area contributed by atoms with Gasteiger partial charge in [0.05, 0.1) is 0 Å². The monoisotopic (exact) mass is 302 g/mol. The Kier molecular flexibility index (Phi) is 4.72. The van der Waals surface area contributed by atoms with E-state index in [0.29, 0.717) is 18.0 Å². The minimum absolute atomic E-state index is 0.200. The standard InChI is InChI=1S/C14H17F3N2O2/c15-14(16,17)21-12-5-2-10(3-6-12)13(20)19-8-9-1-4-11(18)7-9/h2-3,5-6,9,11H,1,4,7-8,18H2,(H,19,20). The molecule has 1 aromatic rings. The molecule has 2 atom stereocenters. The maximum atomic E-state index is 12.0. The molecule has 2 unspecified atom stereocenters. The molecule has 0 heterocycles. The minimum atomic E-state index is -4.73. The predicted octanol–water partition coefficient (Wildman–Crippen LogP) is 2.44. The van der Waals surface area contributed by atoms with E-state index in [4.69, 9.17) is 5.73 Å². The highest BCUT2D eigenvalue weighted by atomic mass is 19.4. The van der Waals surface area contributed by atoms with Crippen LogP contribution < -0.4 is 15.8 Å². The molecule has 0 aliphatic heterocycles. The lowest BCUT2D eigenvalue weighted by atomic mass is 10.1. The summed E-state index contributed by atoms with van der Waals surface area (Å²) in [6, 6.07) is 5.04. The van der Waals surface area contributed by atoms with Gasteiger partial charge < -0.3 is 15.8 Å². The van der Waals surface area contributed by atoms with Gasteiger partial charge in [-0.25, -0.2) is 0 Å². The molecular weight excluding hydrogens is 285 g/mol. The molecule has 0 spiro atoms. The van der Waals surface area contributed by atoms with Gasteiger partial charge in [0.1, 0.15) is 5.75 Å². The zero-order valence-corrected chi connectivity index (χ0v) is 11.3. The van der Waals surface area contributed by atoms with Crippen molar-refractivity contribution >= 4 is 5.91 Å². The Morgan fingerprint density at radius 3 is 2.48 bits per heavy atom. The molecule has 2 rings (SSSR count). The first-order valence-electron chi connectivity index (χ1n) is 6.73. The number of alkyl halides is 3. The molecule has 1 saturated carbocycles. The van der Waals surface area contributed by atoms with Crippen LogP contribution >= 0.6 is 0 Å². The van der Waals surface area contributed by atoms with Crippen LogP contribution in [0.15, 0.2) is 24.3 Å². The number of hydrogen-bond acceptors (Lipinski definition) is 3. The Hall–Kier alpha value is -1.76. The predicted molar refractivity (Wildman–Crippen MR) is 70.8 cm³/mol. The largest absolute Gasteiger partial charge is 0.573 e. The maximum absolute atomic E-state index is 12.0. The number of hydrogen-bond donors (Lipinski definition) is 2. The van der Waals surface area contributed by atoms with Crippen LogP contribution in [0, 0.1) is 5.92 Å². The van der Waals surface area contributed by atoms with Crippen molar-refractivity contribution < 1.29 is 22.7 Å². The molecule has 0 saturated heterocycles. The van der Waals surface area contributed by atoms with Gasteiger partial charge in [0.15, 0.2) is 0 Å². The van der Waals surface area contributed by atoms with Gasteiger partial charge in [-0.05, 0) is 49.4 Å². The molecule has 1 aliphatic rings. The first kappa shape index (κ1) is 15.6. The van der Waals surface area contributed by atoms with Crippen LogP contribution in [-0.4, -0.2) is 24.9 Å². The average Bonchev–Trinajstić information content (AvgIpc) is 2.81. The third-order valence-corrected chi connectivity index (χ3v) is 3.48. The van der Waals surface area contributed by atoms with Crippen molar-refractivity contribution in [3.05, 3.63) is 29.8 Å². The van der Waals surface area contributed by atoms with Gasteiger partial charge in [-0.1, -0.05) is 0 Å². The summed E-state index contributed by atoms with van der Waals surface area (Å²) in [7, 11) is 0. The van der Waals surface area contributed by atoms with Crippen molar-refractivity contribution in [1.82, 2.24) is 5.32 Å². The molecule has 1 fully saturated rings. The van der Waals surface area contributed by atoms with Crippen LogP contribution in [-0.2, 0) is 0 Å². The first-order valence-corrected chi connectivity index (χ1v) is 6.73.